The molecule has 2 rings (SSSR count). The molecular formula is C13H20N2O2S. The van der Waals surface area contributed by atoms with Gasteiger partial charge in [-0.3, -0.25) is 0 Å². The van der Waals surface area contributed by atoms with Gasteiger partial charge >= 0.3 is 0 Å². The van der Waals surface area contributed by atoms with E-state index in [9.17, 15) is 8.42 Å². The first kappa shape index (κ1) is 13.4. The van der Waals surface area contributed by atoms with Crippen LogP contribution in [0.25, 0.3) is 0 Å². The number of anilines is 1. The highest BCUT2D eigenvalue weighted by molar-refractivity contribution is 7.91. The average Bonchev–Trinajstić information content (AvgIpc) is 3.21. The summed E-state index contributed by atoms with van der Waals surface area (Å²) in [6, 6.07) is 7.24. The second-order valence-corrected chi connectivity index (χ2v) is 7.03. The third kappa shape index (κ3) is 3.03. The van der Waals surface area contributed by atoms with Gasteiger partial charge in [0.1, 0.15) is 0 Å². The SMILES string of the molecule is CCS(=O)(=O)c1ccc(NC(CN)C2CC2)cc1. The molecule has 0 heterocycles. The fourth-order valence-corrected chi connectivity index (χ4v) is 2.89. The molecule has 1 aromatic rings. The second-order valence-electron chi connectivity index (χ2n) is 4.75. The van der Waals surface area contributed by atoms with Crippen molar-refractivity contribution in [1.82, 2.24) is 0 Å². The van der Waals surface area contributed by atoms with E-state index in [1.807, 2.05) is 12.1 Å². The van der Waals surface area contributed by atoms with E-state index in [1.54, 1.807) is 19.1 Å². The van der Waals surface area contributed by atoms with E-state index in [0.717, 1.165) is 5.69 Å². The van der Waals surface area contributed by atoms with Gasteiger partial charge in [-0.15, -0.1) is 0 Å². The Labute approximate surface area is 108 Å². The molecule has 0 spiro atoms. The maximum absolute atomic E-state index is 11.7. The monoisotopic (exact) mass is 268 g/mol. The smallest absolute Gasteiger partial charge is 0.178 e. The fourth-order valence-electron chi connectivity index (χ4n) is 2.01. The van der Waals surface area contributed by atoms with E-state index in [-0.39, 0.29) is 5.75 Å². The van der Waals surface area contributed by atoms with Crippen LogP contribution in [0.4, 0.5) is 5.69 Å². The van der Waals surface area contributed by atoms with Crippen LogP contribution in [-0.2, 0) is 9.84 Å². The highest BCUT2D eigenvalue weighted by Gasteiger charge is 2.30. The van der Waals surface area contributed by atoms with Gasteiger partial charge in [0.2, 0.25) is 0 Å². The molecule has 5 heteroatoms. The van der Waals surface area contributed by atoms with Crippen LogP contribution in [0.15, 0.2) is 29.2 Å². The van der Waals surface area contributed by atoms with Crippen LogP contribution in [0.1, 0.15) is 19.8 Å². The van der Waals surface area contributed by atoms with Crippen molar-refractivity contribution in [3.05, 3.63) is 24.3 Å². The molecule has 0 saturated heterocycles. The second kappa shape index (κ2) is 5.28. The van der Waals surface area contributed by atoms with Gasteiger partial charge in [-0.2, -0.15) is 0 Å². The Bertz CT molecular complexity index is 492. The Hall–Kier alpha value is -1.07. The van der Waals surface area contributed by atoms with E-state index in [2.05, 4.69) is 5.32 Å². The average molecular weight is 268 g/mol. The van der Waals surface area contributed by atoms with Crippen LogP contribution in [0, 0.1) is 5.92 Å². The van der Waals surface area contributed by atoms with Crippen molar-refractivity contribution >= 4 is 15.5 Å². The first-order valence-electron chi connectivity index (χ1n) is 6.36. The van der Waals surface area contributed by atoms with Gasteiger partial charge in [0.25, 0.3) is 0 Å². The molecule has 100 valence electrons. The fraction of sp³-hybridized carbons (Fsp3) is 0.538. The van der Waals surface area contributed by atoms with Crippen molar-refractivity contribution in [2.24, 2.45) is 11.7 Å². The molecule has 1 aromatic carbocycles. The molecule has 1 fully saturated rings. The topological polar surface area (TPSA) is 72.2 Å². The van der Waals surface area contributed by atoms with Crippen LogP contribution >= 0.6 is 0 Å². The minimum atomic E-state index is -3.11. The summed E-state index contributed by atoms with van der Waals surface area (Å²) in [4.78, 5) is 0.381. The molecule has 1 aliphatic rings. The van der Waals surface area contributed by atoms with Crippen LogP contribution in [0.2, 0.25) is 0 Å². The summed E-state index contributed by atoms with van der Waals surface area (Å²) in [5, 5.41) is 3.37. The maximum Gasteiger partial charge on any atom is 0.178 e. The first-order valence-corrected chi connectivity index (χ1v) is 8.01. The molecule has 4 nitrogen and oxygen atoms in total. The van der Waals surface area contributed by atoms with E-state index in [4.69, 9.17) is 5.73 Å². The molecule has 3 N–H and O–H groups in total. The zero-order valence-corrected chi connectivity index (χ0v) is 11.4. The number of nitrogens with one attached hydrogen (secondary N) is 1. The number of rotatable bonds is 6. The normalized spacial score (nSPS) is 17.4. The van der Waals surface area contributed by atoms with Gasteiger partial charge in [0, 0.05) is 18.3 Å². The van der Waals surface area contributed by atoms with Crippen LogP contribution in [0.5, 0.6) is 0 Å². The van der Waals surface area contributed by atoms with Crippen LogP contribution < -0.4 is 11.1 Å². The molecular weight excluding hydrogens is 248 g/mol. The van der Waals surface area contributed by atoms with E-state index in [0.29, 0.717) is 23.4 Å². The molecule has 1 atom stereocenters. The lowest BCUT2D eigenvalue weighted by Gasteiger charge is -2.17. The van der Waals surface area contributed by atoms with Crippen molar-refractivity contribution in [2.45, 2.75) is 30.7 Å². The molecule has 0 aromatic heterocycles. The zero-order valence-electron chi connectivity index (χ0n) is 10.6. The summed E-state index contributed by atoms with van der Waals surface area (Å²) in [6.45, 7) is 2.26. The van der Waals surface area contributed by atoms with Gasteiger partial charge in [0.15, 0.2) is 9.84 Å². The Balaban J connectivity index is 2.07. The van der Waals surface area contributed by atoms with Crippen LogP contribution in [0.3, 0.4) is 0 Å². The number of hydrogen-bond donors (Lipinski definition) is 2. The zero-order chi connectivity index (χ0) is 13.2. The third-order valence-electron chi connectivity index (χ3n) is 3.39. The first-order chi connectivity index (χ1) is 8.56. The molecule has 1 aliphatic carbocycles. The van der Waals surface area contributed by atoms with Gasteiger partial charge in [-0.25, -0.2) is 8.42 Å². The van der Waals surface area contributed by atoms with E-state index in [1.165, 1.54) is 12.8 Å². The van der Waals surface area contributed by atoms with Crippen molar-refractivity contribution in [2.75, 3.05) is 17.6 Å². The lowest BCUT2D eigenvalue weighted by atomic mass is 10.1. The lowest BCUT2D eigenvalue weighted by Crippen LogP contribution is -2.30. The quantitative estimate of drug-likeness (QED) is 0.822. The summed E-state index contributed by atoms with van der Waals surface area (Å²) in [5.74, 6) is 0.807. The minimum Gasteiger partial charge on any atom is -0.381 e. The Morgan fingerprint density at radius 1 is 1.33 bits per heavy atom. The standard InChI is InChI=1S/C13H20N2O2S/c1-2-18(16,17)12-7-5-11(6-8-12)15-13(9-14)10-3-4-10/h5-8,10,13,15H,2-4,9,14H2,1H3. The summed E-state index contributed by atoms with van der Waals surface area (Å²) >= 11 is 0. The van der Waals surface area contributed by atoms with Gasteiger partial charge in [-0.1, -0.05) is 6.92 Å². The molecule has 18 heavy (non-hydrogen) atoms. The van der Waals surface area contributed by atoms with Crippen molar-refractivity contribution < 1.29 is 8.42 Å². The number of benzene rings is 1. The molecule has 0 amide bonds. The third-order valence-corrected chi connectivity index (χ3v) is 5.14. The predicted octanol–water partition coefficient (Wildman–Crippen LogP) is 1.63. The largest absolute Gasteiger partial charge is 0.381 e. The number of hydrogen-bond acceptors (Lipinski definition) is 4. The van der Waals surface area contributed by atoms with Gasteiger partial charge in [0.05, 0.1) is 10.6 Å². The van der Waals surface area contributed by atoms with Crippen molar-refractivity contribution in [3.63, 3.8) is 0 Å². The predicted molar refractivity (Wildman–Crippen MR) is 73.4 cm³/mol. The minimum absolute atomic E-state index is 0.132. The maximum atomic E-state index is 11.7. The van der Waals surface area contributed by atoms with Crippen molar-refractivity contribution in [3.8, 4) is 0 Å². The highest BCUT2D eigenvalue weighted by atomic mass is 32.2. The summed E-state index contributed by atoms with van der Waals surface area (Å²) < 4.78 is 23.3. The Morgan fingerprint density at radius 2 is 1.94 bits per heavy atom. The molecule has 1 saturated carbocycles. The lowest BCUT2D eigenvalue weighted by molar-refractivity contribution is 0.597. The van der Waals surface area contributed by atoms with E-state index >= 15 is 0 Å². The highest BCUT2D eigenvalue weighted by Crippen LogP contribution is 2.33. The molecule has 1 unspecified atom stereocenters. The summed E-state index contributed by atoms with van der Waals surface area (Å²) in [7, 11) is -3.11. The summed E-state index contributed by atoms with van der Waals surface area (Å²) in [6.07, 6.45) is 2.47. The molecule has 0 radical (unpaired) electrons. The summed E-state index contributed by atoms with van der Waals surface area (Å²) in [5.41, 5.74) is 6.66. The Kier molecular flexibility index (Phi) is 3.92. The Morgan fingerprint density at radius 3 is 2.39 bits per heavy atom. The molecule has 0 bridgehead atoms. The van der Waals surface area contributed by atoms with Crippen molar-refractivity contribution in [1.29, 1.82) is 0 Å². The van der Waals surface area contributed by atoms with Crippen LogP contribution in [-0.4, -0.2) is 26.8 Å². The number of nitrogens with two attached hydrogens (primary N) is 1. The molecule has 0 aliphatic heterocycles. The number of sulfone groups is 1. The van der Waals surface area contributed by atoms with Gasteiger partial charge < -0.3 is 11.1 Å². The van der Waals surface area contributed by atoms with Gasteiger partial charge in [-0.05, 0) is 43.0 Å². The van der Waals surface area contributed by atoms with E-state index < -0.39 is 9.84 Å².